The quantitative estimate of drug-likeness (QED) is 0.651. The third kappa shape index (κ3) is 4.59. The summed E-state index contributed by atoms with van der Waals surface area (Å²) in [5.41, 5.74) is 4.76. The third-order valence-corrected chi connectivity index (χ3v) is 4.16. The van der Waals surface area contributed by atoms with Gasteiger partial charge in [0, 0.05) is 11.8 Å². The molecule has 1 heterocycles. The molecule has 0 bridgehead atoms. The van der Waals surface area contributed by atoms with Crippen LogP contribution in [-0.4, -0.2) is 25.1 Å². The van der Waals surface area contributed by atoms with Gasteiger partial charge in [-0.2, -0.15) is 0 Å². The van der Waals surface area contributed by atoms with Gasteiger partial charge in [0.15, 0.2) is 0 Å². The summed E-state index contributed by atoms with van der Waals surface area (Å²) in [6.07, 6.45) is 1.61. The molecule has 28 heavy (non-hydrogen) atoms. The maximum atomic E-state index is 12.5. The van der Waals surface area contributed by atoms with Crippen LogP contribution in [0.4, 0.5) is 17.1 Å². The monoisotopic (exact) mass is 377 g/mol. The smallest absolute Gasteiger partial charge is 0.274 e. The molecule has 0 fully saturated rings. The second-order valence-electron chi connectivity index (χ2n) is 6.45. The van der Waals surface area contributed by atoms with Crippen molar-refractivity contribution in [3.8, 4) is 11.5 Å². The third-order valence-electron chi connectivity index (χ3n) is 4.16. The van der Waals surface area contributed by atoms with Crippen molar-refractivity contribution < 1.29 is 14.3 Å². The van der Waals surface area contributed by atoms with E-state index >= 15 is 0 Å². The Morgan fingerprint density at radius 1 is 0.893 bits per heavy atom. The van der Waals surface area contributed by atoms with Crippen LogP contribution >= 0.6 is 0 Å². The molecule has 3 aromatic rings. The molecular weight excluding hydrogens is 354 g/mol. The number of ether oxygens (including phenoxy) is 2. The summed E-state index contributed by atoms with van der Waals surface area (Å²) in [6.45, 7) is 3.99. The number of nitrogens with zero attached hydrogens (tertiary/aromatic N) is 1. The Morgan fingerprint density at radius 3 is 2.25 bits per heavy atom. The first-order valence-electron chi connectivity index (χ1n) is 8.83. The number of carbonyl (C=O) groups excluding carboxylic acids is 1. The van der Waals surface area contributed by atoms with Crippen LogP contribution in [-0.2, 0) is 0 Å². The predicted molar refractivity (Wildman–Crippen MR) is 111 cm³/mol. The van der Waals surface area contributed by atoms with Crippen LogP contribution in [0.15, 0.2) is 54.7 Å². The van der Waals surface area contributed by atoms with Gasteiger partial charge in [-0.05, 0) is 61.4 Å². The molecule has 0 saturated heterocycles. The van der Waals surface area contributed by atoms with Crippen molar-refractivity contribution in [3.63, 3.8) is 0 Å². The van der Waals surface area contributed by atoms with Gasteiger partial charge in [0.2, 0.25) is 0 Å². The van der Waals surface area contributed by atoms with E-state index in [-0.39, 0.29) is 5.91 Å². The molecule has 0 unspecified atom stereocenters. The number of benzene rings is 2. The highest BCUT2D eigenvalue weighted by molar-refractivity contribution is 6.03. The van der Waals surface area contributed by atoms with Crippen molar-refractivity contribution >= 4 is 23.0 Å². The van der Waals surface area contributed by atoms with Crippen molar-refractivity contribution in [2.24, 2.45) is 0 Å². The van der Waals surface area contributed by atoms with Crippen molar-refractivity contribution in [1.82, 2.24) is 4.98 Å². The van der Waals surface area contributed by atoms with E-state index in [4.69, 9.17) is 9.47 Å². The Hall–Kier alpha value is -3.54. The lowest BCUT2D eigenvalue weighted by Gasteiger charge is -2.13. The molecule has 0 spiro atoms. The van der Waals surface area contributed by atoms with Gasteiger partial charge in [-0.3, -0.25) is 4.79 Å². The Bertz CT molecular complexity index is 965. The van der Waals surface area contributed by atoms with Crippen LogP contribution in [0.2, 0.25) is 0 Å². The van der Waals surface area contributed by atoms with E-state index in [0.717, 1.165) is 28.2 Å². The van der Waals surface area contributed by atoms with Crippen LogP contribution in [0, 0.1) is 13.8 Å². The number of nitrogens with one attached hydrogen (secondary N) is 2. The highest BCUT2D eigenvalue weighted by atomic mass is 16.5. The summed E-state index contributed by atoms with van der Waals surface area (Å²) in [7, 11) is 3.21. The van der Waals surface area contributed by atoms with Gasteiger partial charge in [0.1, 0.15) is 17.2 Å². The van der Waals surface area contributed by atoms with Crippen LogP contribution in [0.1, 0.15) is 21.6 Å². The number of aromatic nitrogens is 1. The second kappa shape index (κ2) is 8.43. The first-order valence-corrected chi connectivity index (χ1v) is 8.83. The topological polar surface area (TPSA) is 72.5 Å². The van der Waals surface area contributed by atoms with E-state index < -0.39 is 0 Å². The molecule has 1 aromatic heterocycles. The van der Waals surface area contributed by atoms with Gasteiger partial charge < -0.3 is 20.1 Å². The summed E-state index contributed by atoms with van der Waals surface area (Å²) < 4.78 is 10.6. The van der Waals surface area contributed by atoms with E-state index in [2.05, 4.69) is 21.7 Å². The van der Waals surface area contributed by atoms with Gasteiger partial charge in [-0.25, -0.2) is 4.98 Å². The molecule has 0 radical (unpaired) electrons. The lowest BCUT2D eigenvalue weighted by atomic mass is 10.1. The zero-order valence-electron chi connectivity index (χ0n) is 16.4. The summed E-state index contributed by atoms with van der Waals surface area (Å²) >= 11 is 0. The zero-order valence-corrected chi connectivity index (χ0v) is 16.4. The summed E-state index contributed by atoms with van der Waals surface area (Å²) in [6, 6.07) is 14.9. The molecule has 0 saturated carbocycles. The molecule has 2 aromatic carbocycles. The molecule has 6 heteroatoms. The highest BCUT2D eigenvalue weighted by Crippen LogP contribution is 2.31. The number of methoxy groups -OCH3 is 2. The number of hydrogen-bond acceptors (Lipinski definition) is 5. The fourth-order valence-electron chi connectivity index (χ4n) is 2.91. The molecule has 144 valence electrons. The first kappa shape index (κ1) is 19.2. The molecule has 2 N–H and O–H groups in total. The van der Waals surface area contributed by atoms with Gasteiger partial charge in [0.05, 0.1) is 31.8 Å². The van der Waals surface area contributed by atoms with Gasteiger partial charge in [-0.1, -0.05) is 6.07 Å². The molecular formula is C22H23N3O3. The number of anilines is 3. The highest BCUT2D eigenvalue weighted by Gasteiger charge is 2.10. The first-order chi connectivity index (χ1) is 13.5. The van der Waals surface area contributed by atoms with Gasteiger partial charge in [0.25, 0.3) is 5.91 Å². The summed E-state index contributed by atoms with van der Waals surface area (Å²) in [5.74, 6) is 1.13. The molecule has 0 aliphatic rings. The van der Waals surface area contributed by atoms with Crippen molar-refractivity contribution in [3.05, 3.63) is 71.5 Å². The molecule has 0 atom stereocenters. The van der Waals surface area contributed by atoms with Gasteiger partial charge in [-0.15, -0.1) is 0 Å². The Morgan fingerprint density at radius 2 is 1.64 bits per heavy atom. The Labute approximate surface area is 164 Å². The van der Waals surface area contributed by atoms with Crippen molar-refractivity contribution in [2.75, 3.05) is 24.9 Å². The average molecular weight is 377 g/mol. The normalized spacial score (nSPS) is 10.3. The molecule has 0 aliphatic carbocycles. The minimum absolute atomic E-state index is 0.254. The number of aryl methyl sites for hydroxylation is 2. The molecule has 6 nitrogen and oxygen atoms in total. The minimum Gasteiger partial charge on any atom is -0.497 e. The van der Waals surface area contributed by atoms with E-state index in [1.165, 1.54) is 0 Å². The Kier molecular flexibility index (Phi) is 5.79. The largest absolute Gasteiger partial charge is 0.497 e. The standard InChI is InChI=1S/C22H23N3O3/c1-14-9-15(2)11-17(10-14)25-22(26)19-7-5-16(13-23-19)24-20-12-18(27-3)6-8-21(20)28-4/h5-13,24H,1-4H3,(H,25,26). The van der Waals surface area contributed by atoms with E-state index in [9.17, 15) is 4.79 Å². The number of carbonyl (C=O) groups is 1. The number of pyridine rings is 1. The maximum Gasteiger partial charge on any atom is 0.274 e. The van der Waals surface area contributed by atoms with E-state index in [1.807, 2.05) is 44.2 Å². The van der Waals surface area contributed by atoms with E-state index in [0.29, 0.717) is 17.2 Å². The summed E-state index contributed by atoms with van der Waals surface area (Å²) in [5, 5.41) is 6.11. The molecule has 1 amide bonds. The minimum atomic E-state index is -0.254. The Balaban J connectivity index is 1.74. The van der Waals surface area contributed by atoms with E-state index in [1.54, 1.807) is 32.5 Å². The SMILES string of the molecule is COc1ccc(OC)c(Nc2ccc(C(=O)Nc3cc(C)cc(C)c3)nc2)c1. The van der Waals surface area contributed by atoms with Crippen LogP contribution in [0.25, 0.3) is 0 Å². The average Bonchev–Trinajstić information content (AvgIpc) is 2.67. The number of hydrogen-bond donors (Lipinski definition) is 2. The van der Waals surface area contributed by atoms with Crippen molar-refractivity contribution in [2.45, 2.75) is 13.8 Å². The zero-order chi connectivity index (χ0) is 20.1. The summed E-state index contributed by atoms with van der Waals surface area (Å²) in [4.78, 5) is 16.7. The second-order valence-corrected chi connectivity index (χ2v) is 6.45. The number of amides is 1. The predicted octanol–water partition coefficient (Wildman–Crippen LogP) is 4.71. The lowest BCUT2D eigenvalue weighted by molar-refractivity contribution is 0.102. The van der Waals surface area contributed by atoms with Crippen LogP contribution in [0.5, 0.6) is 11.5 Å². The molecule has 0 aliphatic heterocycles. The van der Waals surface area contributed by atoms with Crippen LogP contribution in [0.3, 0.4) is 0 Å². The van der Waals surface area contributed by atoms with Crippen LogP contribution < -0.4 is 20.1 Å². The maximum absolute atomic E-state index is 12.5. The van der Waals surface area contributed by atoms with Crippen molar-refractivity contribution in [1.29, 1.82) is 0 Å². The molecule has 3 rings (SSSR count). The number of rotatable bonds is 6. The van der Waals surface area contributed by atoms with Gasteiger partial charge >= 0.3 is 0 Å². The fraction of sp³-hybridized carbons (Fsp3) is 0.182. The fourth-order valence-corrected chi connectivity index (χ4v) is 2.91. The lowest BCUT2D eigenvalue weighted by Crippen LogP contribution is -2.13.